The Labute approximate surface area is 243 Å². The van der Waals surface area contributed by atoms with Crippen LogP contribution in [0, 0.1) is 11.7 Å². The number of aromatic nitrogens is 2. The highest BCUT2D eigenvalue weighted by molar-refractivity contribution is 6.76. The minimum Gasteiger partial charge on any atom is -0.381 e. The third-order valence-electron chi connectivity index (χ3n) is 9.06. The summed E-state index contributed by atoms with van der Waals surface area (Å²) in [6, 6.07) is 3.29. The van der Waals surface area contributed by atoms with Gasteiger partial charge in [-0.25, -0.2) is 26.9 Å². The molecular weight excluding hydrogens is 575 g/mol. The molecule has 42 heavy (non-hydrogen) atoms. The third-order valence-corrected chi connectivity index (χ3v) is 10.8. The number of carbonyl (C=O) groups is 1. The second-order valence-electron chi connectivity index (χ2n) is 13.5. The lowest BCUT2D eigenvalue weighted by Crippen LogP contribution is -2.63. The highest BCUT2D eigenvalue weighted by Crippen LogP contribution is 2.44. The van der Waals surface area contributed by atoms with Gasteiger partial charge < -0.3 is 20.1 Å². The average Bonchev–Trinajstić information content (AvgIpc) is 3.28. The smallest absolute Gasteiger partial charge is 0.282 e. The average molecular weight is 617 g/mol. The molecule has 5 rings (SSSR count). The fraction of sp³-hybridized carbons (Fsp3) is 0.724. The first-order valence-corrected chi connectivity index (χ1v) is 18.5. The number of imidazole rings is 1. The number of alkyl halides is 4. The number of halogens is 5. The number of nitrogens with zero attached hydrogens (tertiary/aromatic N) is 3. The molecule has 0 spiro atoms. The van der Waals surface area contributed by atoms with Gasteiger partial charge in [0.25, 0.3) is 5.92 Å². The first kappa shape index (κ1) is 31.3. The number of ether oxygens (including phenoxy) is 2. The lowest BCUT2D eigenvalue weighted by molar-refractivity contribution is -0.174. The summed E-state index contributed by atoms with van der Waals surface area (Å²) < 4.78 is 85.0. The maximum Gasteiger partial charge on any atom is 0.282 e. The van der Waals surface area contributed by atoms with Crippen LogP contribution in [0.4, 0.5) is 22.0 Å². The molecule has 3 heterocycles. The van der Waals surface area contributed by atoms with Crippen molar-refractivity contribution in [3.63, 3.8) is 0 Å². The fourth-order valence-corrected chi connectivity index (χ4v) is 7.15. The van der Waals surface area contributed by atoms with Crippen molar-refractivity contribution >= 4 is 25.0 Å². The van der Waals surface area contributed by atoms with E-state index in [0.717, 1.165) is 10.9 Å². The van der Waals surface area contributed by atoms with E-state index in [2.05, 4.69) is 24.6 Å². The van der Waals surface area contributed by atoms with E-state index in [1.165, 1.54) is 6.07 Å². The molecule has 2 saturated heterocycles. The van der Waals surface area contributed by atoms with Crippen molar-refractivity contribution in [3.8, 4) is 0 Å². The lowest BCUT2D eigenvalue weighted by Gasteiger charge is -2.46. The van der Waals surface area contributed by atoms with Crippen LogP contribution in [0.3, 0.4) is 0 Å². The molecule has 0 radical (unpaired) electrons. The summed E-state index contributed by atoms with van der Waals surface area (Å²) in [6.45, 7) is 6.04. The Morgan fingerprint density at radius 2 is 1.74 bits per heavy atom. The Morgan fingerprint density at radius 1 is 1.10 bits per heavy atom. The van der Waals surface area contributed by atoms with Gasteiger partial charge in [0, 0.05) is 46.3 Å². The zero-order valence-electron chi connectivity index (χ0n) is 24.5. The maximum absolute atomic E-state index is 16.8. The van der Waals surface area contributed by atoms with Gasteiger partial charge in [-0.15, -0.1) is 0 Å². The summed E-state index contributed by atoms with van der Waals surface area (Å²) in [5.41, 5.74) is 5.81. The Kier molecular flexibility index (Phi) is 8.54. The molecule has 1 amide bonds. The Bertz CT molecular complexity index is 1290. The molecule has 1 aromatic heterocycles. The number of rotatable bonds is 9. The van der Waals surface area contributed by atoms with Crippen LogP contribution in [0.25, 0.3) is 11.0 Å². The fourth-order valence-electron chi connectivity index (χ4n) is 6.40. The molecule has 0 unspecified atom stereocenters. The van der Waals surface area contributed by atoms with Gasteiger partial charge in [-0.05, 0) is 43.7 Å². The second-order valence-corrected chi connectivity index (χ2v) is 19.1. The minimum atomic E-state index is -2.95. The highest BCUT2D eigenvalue weighted by Gasteiger charge is 2.54. The van der Waals surface area contributed by atoms with E-state index in [9.17, 15) is 22.4 Å². The number of benzene rings is 1. The number of amides is 1. The normalized spacial score (nSPS) is 23.1. The summed E-state index contributed by atoms with van der Waals surface area (Å²) >= 11 is 0. The van der Waals surface area contributed by atoms with E-state index < -0.39 is 56.2 Å². The first-order valence-electron chi connectivity index (χ1n) is 14.8. The second kappa shape index (κ2) is 11.4. The van der Waals surface area contributed by atoms with Gasteiger partial charge in [0.2, 0.25) is 11.8 Å². The van der Waals surface area contributed by atoms with E-state index in [0.29, 0.717) is 17.9 Å². The summed E-state index contributed by atoms with van der Waals surface area (Å²) in [5.74, 6) is -6.80. The Balaban J connectivity index is 1.54. The monoisotopic (exact) mass is 616 g/mol. The quantitative estimate of drug-likeness (QED) is 0.218. The summed E-state index contributed by atoms with van der Waals surface area (Å²) in [6.07, 6.45) is 0.219. The van der Waals surface area contributed by atoms with Gasteiger partial charge in [-0.1, -0.05) is 25.7 Å². The number of likely N-dealkylation sites (tertiary alicyclic amines) is 1. The number of hydrogen-bond donors (Lipinski definition) is 1. The zero-order valence-corrected chi connectivity index (χ0v) is 25.5. The number of hydrogen-bond acceptors (Lipinski definition) is 5. The molecular formula is C29H41F5N4O3Si. The summed E-state index contributed by atoms with van der Waals surface area (Å²) in [7, 11) is -1.42. The number of fused-ring (bicyclic) bond motifs is 1. The van der Waals surface area contributed by atoms with Crippen LogP contribution in [-0.4, -0.2) is 73.2 Å². The molecule has 3 fully saturated rings. The van der Waals surface area contributed by atoms with Crippen LogP contribution < -0.4 is 5.73 Å². The standard InChI is InChI=1S/C29H41F5N4O3Si/c1-42(2,3)15-14-41-18-38-24-21(36-25(38)23(35)19-6-8-28(31,32)9-7-19)5-4-20(22(24)30)27(10-12-40-13-11-27)26(39)37-16-29(33,34)17-37/h4-5,19,23H,6-18,35H2,1-3H3/t23-/m0/s1. The SMILES string of the molecule is C[Si](C)(C)CCOCn1c([C@@H](N)C2CCC(F)(F)CC2)nc2ccc(C3(C(=O)N4CC(F)(F)C4)CCOCC3)c(F)c21. The van der Waals surface area contributed by atoms with Crippen molar-refractivity contribution in [1.29, 1.82) is 0 Å². The predicted molar refractivity (Wildman–Crippen MR) is 151 cm³/mol. The van der Waals surface area contributed by atoms with Crippen LogP contribution in [0.15, 0.2) is 12.1 Å². The van der Waals surface area contributed by atoms with E-state index in [1.54, 1.807) is 10.6 Å². The molecule has 0 bridgehead atoms. The highest BCUT2D eigenvalue weighted by atomic mass is 28.3. The first-order chi connectivity index (χ1) is 19.6. The van der Waals surface area contributed by atoms with E-state index in [1.807, 2.05) is 0 Å². The van der Waals surface area contributed by atoms with Gasteiger partial charge in [-0.2, -0.15) is 0 Å². The van der Waals surface area contributed by atoms with Crippen molar-refractivity contribution in [1.82, 2.24) is 14.5 Å². The van der Waals surface area contributed by atoms with Crippen LogP contribution in [-0.2, 0) is 26.4 Å². The Morgan fingerprint density at radius 3 is 2.33 bits per heavy atom. The third kappa shape index (κ3) is 6.25. The van der Waals surface area contributed by atoms with Crippen molar-refractivity contribution < 1.29 is 36.2 Å². The van der Waals surface area contributed by atoms with Gasteiger partial charge in [-0.3, -0.25) is 9.36 Å². The molecule has 2 aromatic rings. The van der Waals surface area contributed by atoms with Crippen molar-refractivity contribution in [2.45, 2.75) is 94.2 Å². The van der Waals surface area contributed by atoms with E-state index in [-0.39, 0.29) is 75.5 Å². The molecule has 1 saturated carbocycles. The summed E-state index contributed by atoms with van der Waals surface area (Å²) in [5, 5.41) is 0. The van der Waals surface area contributed by atoms with E-state index >= 15 is 4.39 Å². The van der Waals surface area contributed by atoms with E-state index in [4.69, 9.17) is 15.2 Å². The molecule has 1 aromatic carbocycles. The molecule has 234 valence electrons. The molecule has 2 aliphatic heterocycles. The molecule has 1 atom stereocenters. The minimum absolute atomic E-state index is 0.0460. The number of carbonyl (C=O) groups excluding carboxylic acids is 1. The van der Waals surface area contributed by atoms with Crippen molar-refractivity contribution in [2.24, 2.45) is 11.7 Å². The van der Waals surface area contributed by atoms with Crippen LogP contribution in [0.1, 0.15) is 56.0 Å². The van der Waals surface area contributed by atoms with Gasteiger partial charge in [0.15, 0.2) is 5.82 Å². The molecule has 1 aliphatic carbocycles. The predicted octanol–water partition coefficient (Wildman–Crippen LogP) is 5.84. The van der Waals surface area contributed by atoms with Crippen molar-refractivity contribution in [3.05, 3.63) is 29.3 Å². The Hall–Kier alpha value is -2.09. The molecule has 13 heteroatoms. The summed E-state index contributed by atoms with van der Waals surface area (Å²) in [4.78, 5) is 19.4. The van der Waals surface area contributed by atoms with Gasteiger partial charge >= 0.3 is 0 Å². The largest absolute Gasteiger partial charge is 0.381 e. The van der Waals surface area contributed by atoms with Crippen LogP contribution in [0.2, 0.25) is 25.7 Å². The van der Waals surface area contributed by atoms with Crippen LogP contribution >= 0.6 is 0 Å². The molecule has 3 aliphatic rings. The lowest BCUT2D eigenvalue weighted by atomic mass is 9.72. The maximum atomic E-state index is 16.8. The van der Waals surface area contributed by atoms with Crippen LogP contribution in [0.5, 0.6) is 0 Å². The zero-order chi connectivity index (χ0) is 30.5. The van der Waals surface area contributed by atoms with Gasteiger partial charge in [0.1, 0.15) is 18.1 Å². The molecule has 7 nitrogen and oxygen atoms in total. The topological polar surface area (TPSA) is 82.6 Å². The number of nitrogens with two attached hydrogens (primary N) is 1. The van der Waals surface area contributed by atoms with Gasteiger partial charge in [0.05, 0.1) is 30.1 Å². The van der Waals surface area contributed by atoms with Crippen molar-refractivity contribution in [2.75, 3.05) is 32.9 Å². The molecule has 2 N–H and O–H groups in total.